The Bertz CT molecular complexity index is 1960. The molecule has 2 aromatic heterocycles. The van der Waals surface area contributed by atoms with Crippen LogP contribution >= 0.6 is 0 Å². The van der Waals surface area contributed by atoms with Crippen LogP contribution in [-0.4, -0.2) is 9.55 Å². The molecule has 0 amide bonds. The van der Waals surface area contributed by atoms with Crippen LogP contribution in [0.4, 0.5) is 0 Å². The molecule has 5 aromatic carbocycles. The Labute approximate surface area is 222 Å². The summed E-state index contributed by atoms with van der Waals surface area (Å²) < 4.78 is 8.94. The number of fused-ring (bicyclic) bond motifs is 6. The summed E-state index contributed by atoms with van der Waals surface area (Å²) in [4.78, 5) is 5.33. The molecular weight excluding hydrogens is 464 g/mol. The van der Waals surface area contributed by atoms with Crippen molar-refractivity contribution in [2.75, 3.05) is 0 Å². The summed E-state index contributed by atoms with van der Waals surface area (Å²) in [6.07, 6.45) is 0. The summed E-state index contributed by atoms with van der Waals surface area (Å²) in [6, 6.07) is 34.4. The van der Waals surface area contributed by atoms with Crippen molar-refractivity contribution >= 4 is 43.7 Å². The lowest BCUT2D eigenvalue weighted by Gasteiger charge is -2.23. The van der Waals surface area contributed by atoms with E-state index >= 15 is 0 Å². The summed E-state index contributed by atoms with van der Waals surface area (Å²) in [5.74, 6) is 1.62. The Balaban J connectivity index is 1.70. The number of furan rings is 1. The molecule has 0 saturated heterocycles. The third-order valence-corrected chi connectivity index (χ3v) is 7.75. The molecule has 3 nitrogen and oxygen atoms in total. The summed E-state index contributed by atoms with van der Waals surface area (Å²) >= 11 is 0. The fourth-order valence-corrected chi connectivity index (χ4v) is 5.93. The predicted octanol–water partition coefficient (Wildman–Crippen LogP) is 9.99. The zero-order chi connectivity index (χ0) is 26.0. The van der Waals surface area contributed by atoms with Gasteiger partial charge in [-0.2, -0.15) is 0 Å². The van der Waals surface area contributed by atoms with Crippen molar-refractivity contribution in [2.24, 2.45) is 0 Å². The number of imidazole rings is 1. The first-order valence-electron chi connectivity index (χ1n) is 13.5. The molecule has 0 fully saturated rings. The minimum absolute atomic E-state index is 0.353. The first-order valence-corrected chi connectivity index (χ1v) is 13.5. The van der Waals surface area contributed by atoms with Crippen molar-refractivity contribution in [1.29, 1.82) is 0 Å². The number of hydrogen-bond donors (Lipinski definition) is 0. The van der Waals surface area contributed by atoms with Gasteiger partial charge in [-0.25, -0.2) is 4.98 Å². The highest BCUT2D eigenvalue weighted by atomic mass is 16.3. The zero-order valence-corrected chi connectivity index (χ0v) is 22.2. The topological polar surface area (TPSA) is 31.0 Å². The quantitative estimate of drug-likeness (QED) is 0.244. The fraction of sp³-hybridized carbons (Fsp3) is 0.171. The molecule has 0 aliphatic carbocycles. The number of nitrogens with zero attached hydrogens (tertiary/aromatic N) is 2. The molecule has 0 atom stereocenters. The Kier molecular flexibility index (Phi) is 5.16. The van der Waals surface area contributed by atoms with E-state index in [2.05, 4.69) is 117 Å². The second kappa shape index (κ2) is 8.59. The highest BCUT2D eigenvalue weighted by Crippen LogP contribution is 2.42. The highest BCUT2D eigenvalue weighted by Gasteiger charge is 2.25. The van der Waals surface area contributed by atoms with Crippen LogP contribution in [0.2, 0.25) is 0 Å². The van der Waals surface area contributed by atoms with E-state index in [0.29, 0.717) is 11.8 Å². The SMILES string of the molecule is CC(C)c1cccc(C(C)C)c1-n1c(-c2cccc3c2oc2ccccc23)nc2ccc3ccccc3c21. The normalized spacial score (nSPS) is 12.2. The van der Waals surface area contributed by atoms with E-state index in [1.807, 2.05) is 12.1 Å². The first kappa shape index (κ1) is 22.8. The molecule has 0 aliphatic heterocycles. The minimum Gasteiger partial charge on any atom is -0.455 e. The molecule has 7 aromatic rings. The number of para-hydroxylation sites is 3. The van der Waals surface area contributed by atoms with Crippen molar-refractivity contribution < 1.29 is 4.42 Å². The second-order valence-corrected chi connectivity index (χ2v) is 10.8. The summed E-state index contributed by atoms with van der Waals surface area (Å²) in [5.41, 5.74) is 8.78. The van der Waals surface area contributed by atoms with Gasteiger partial charge in [-0.15, -0.1) is 0 Å². The van der Waals surface area contributed by atoms with E-state index in [-0.39, 0.29) is 0 Å². The Morgan fingerprint density at radius 3 is 2.05 bits per heavy atom. The molecule has 0 aliphatic rings. The molecule has 0 saturated carbocycles. The molecule has 2 heterocycles. The molecule has 7 rings (SSSR count). The summed E-state index contributed by atoms with van der Waals surface area (Å²) in [6.45, 7) is 9.11. The minimum atomic E-state index is 0.353. The molecule has 0 spiro atoms. The lowest BCUT2D eigenvalue weighted by molar-refractivity contribution is 0.669. The fourth-order valence-electron chi connectivity index (χ4n) is 5.93. The van der Waals surface area contributed by atoms with Crippen molar-refractivity contribution in [3.63, 3.8) is 0 Å². The van der Waals surface area contributed by atoms with Crippen LogP contribution in [0.3, 0.4) is 0 Å². The maximum atomic E-state index is 6.51. The maximum Gasteiger partial charge on any atom is 0.149 e. The van der Waals surface area contributed by atoms with Crippen LogP contribution in [0.5, 0.6) is 0 Å². The van der Waals surface area contributed by atoms with Gasteiger partial charge in [0.15, 0.2) is 0 Å². The monoisotopic (exact) mass is 494 g/mol. The van der Waals surface area contributed by atoms with E-state index in [0.717, 1.165) is 44.4 Å². The molecule has 38 heavy (non-hydrogen) atoms. The van der Waals surface area contributed by atoms with Crippen LogP contribution in [0.1, 0.15) is 50.7 Å². The van der Waals surface area contributed by atoms with Crippen LogP contribution in [0.25, 0.3) is 60.8 Å². The van der Waals surface area contributed by atoms with Crippen molar-refractivity contribution in [3.8, 4) is 17.1 Å². The summed E-state index contributed by atoms with van der Waals surface area (Å²) in [7, 11) is 0. The van der Waals surface area contributed by atoms with Crippen molar-refractivity contribution in [3.05, 3.63) is 108 Å². The smallest absolute Gasteiger partial charge is 0.149 e. The first-order chi connectivity index (χ1) is 18.5. The Hall–Kier alpha value is -4.37. The van der Waals surface area contributed by atoms with Crippen LogP contribution in [-0.2, 0) is 0 Å². The molecular formula is C35H30N2O. The molecule has 0 N–H and O–H groups in total. The second-order valence-electron chi connectivity index (χ2n) is 10.8. The zero-order valence-electron chi connectivity index (χ0n) is 22.2. The Morgan fingerprint density at radius 2 is 1.29 bits per heavy atom. The van der Waals surface area contributed by atoms with E-state index in [1.54, 1.807) is 0 Å². The van der Waals surface area contributed by atoms with E-state index in [1.165, 1.54) is 27.6 Å². The lowest BCUT2D eigenvalue weighted by Crippen LogP contribution is -2.08. The molecule has 186 valence electrons. The number of rotatable bonds is 4. The summed E-state index contributed by atoms with van der Waals surface area (Å²) in [5, 5.41) is 4.65. The maximum absolute atomic E-state index is 6.51. The van der Waals surface area contributed by atoms with Crippen molar-refractivity contribution in [2.45, 2.75) is 39.5 Å². The van der Waals surface area contributed by atoms with Gasteiger partial charge in [0.1, 0.15) is 17.0 Å². The predicted molar refractivity (Wildman–Crippen MR) is 159 cm³/mol. The van der Waals surface area contributed by atoms with Gasteiger partial charge in [-0.3, -0.25) is 4.57 Å². The standard InChI is InChI=1S/C35H30N2O/c1-21(2)24-14-9-15-25(22(3)4)32(24)37-33-26-12-6-5-11-23(26)19-20-30(33)36-35(37)29-17-10-16-28-27-13-7-8-18-31(27)38-34(28)29/h5-22H,1-4H3. The van der Waals surface area contributed by atoms with Gasteiger partial charge in [0.2, 0.25) is 0 Å². The van der Waals surface area contributed by atoms with Crippen LogP contribution < -0.4 is 0 Å². The molecule has 3 heteroatoms. The number of hydrogen-bond acceptors (Lipinski definition) is 2. The number of aromatic nitrogens is 2. The lowest BCUT2D eigenvalue weighted by atomic mass is 9.92. The van der Waals surface area contributed by atoms with E-state index < -0.39 is 0 Å². The third-order valence-electron chi connectivity index (χ3n) is 7.75. The van der Waals surface area contributed by atoms with Gasteiger partial charge in [-0.05, 0) is 46.5 Å². The number of benzene rings is 5. The van der Waals surface area contributed by atoms with Gasteiger partial charge in [0.25, 0.3) is 0 Å². The van der Waals surface area contributed by atoms with E-state index in [4.69, 9.17) is 9.40 Å². The highest BCUT2D eigenvalue weighted by molar-refractivity contribution is 6.11. The third kappa shape index (κ3) is 3.31. The van der Waals surface area contributed by atoms with Crippen LogP contribution in [0, 0.1) is 0 Å². The molecule has 0 bridgehead atoms. The van der Waals surface area contributed by atoms with Gasteiger partial charge in [0, 0.05) is 16.2 Å². The average Bonchev–Trinajstić information content (AvgIpc) is 3.51. The van der Waals surface area contributed by atoms with Gasteiger partial charge < -0.3 is 4.42 Å². The van der Waals surface area contributed by atoms with E-state index in [9.17, 15) is 0 Å². The average molecular weight is 495 g/mol. The molecule has 0 radical (unpaired) electrons. The van der Waals surface area contributed by atoms with Gasteiger partial charge in [0.05, 0.1) is 22.3 Å². The largest absolute Gasteiger partial charge is 0.455 e. The Morgan fingerprint density at radius 1 is 0.632 bits per heavy atom. The molecule has 0 unspecified atom stereocenters. The van der Waals surface area contributed by atoms with Gasteiger partial charge >= 0.3 is 0 Å². The van der Waals surface area contributed by atoms with Gasteiger partial charge in [-0.1, -0.05) is 107 Å². The van der Waals surface area contributed by atoms with Crippen LogP contribution in [0.15, 0.2) is 101 Å². The van der Waals surface area contributed by atoms with Crippen molar-refractivity contribution in [1.82, 2.24) is 9.55 Å².